The largest absolute Gasteiger partial charge is 0.465 e. The highest BCUT2D eigenvalue weighted by atomic mass is 32.2. The van der Waals surface area contributed by atoms with Gasteiger partial charge >= 0.3 is 5.97 Å². The molecule has 0 unspecified atom stereocenters. The van der Waals surface area contributed by atoms with Gasteiger partial charge in [0.05, 0.1) is 23.6 Å². The van der Waals surface area contributed by atoms with E-state index in [0.717, 1.165) is 24.3 Å². The van der Waals surface area contributed by atoms with Crippen molar-refractivity contribution < 1.29 is 31.1 Å². The number of esters is 1. The third kappa shape index (κ3) is 4.86. The summed E-state index contributed by atoms with van der Waals surface area (Å²) in [4.78, 5) is 11.2. The number of halogens is 3. The van der Waals surface area contributed by atoms with Crippen molar-refractivity contribution in [2.75, 3.05) is 20.5 Å². The van der Waals surface area contributed by atoms with E-state index in [0.29, 0.717) is 9.87 Å². The van der Waals surface area contributed by atoms with Crippen LogP contribution < -0.4 is 0 Å². The molecule has 0 heterocycles. The lowest BCUT2D eigenvalue weighted by Gasteiger charge is -2.27. The number of alkyl halides is 2. The summed E-state index contributed by atoms with van der Waals surface area (Å²) in [6, 6.07) is 8.22. The van der Waals surface area contributed by atoms with E-state index in [1.165, 1.54) is 31.4 Å². The van der Waals surface area contributed by atoms with Crippen LogP contribution in [0.4, 0.5) is 13.2 Å². The van der Waals surface area contributed by atoms with Crippen molar-refractivity contribution in [2.24, 2.45) is 0 Å². The van der Waals surface area contributed by atoms with Gasteiger partial charge in [-0.15, -0.1) is 0 Å². The first-order valence-corrected chi connectivity index (χ1v) is 9.34. The van der Waals surface area contributed by atoms with Crippen LogP contribution in [-0.4, -0.2) is 45.2 Å². The maximum absolute atomic E-state index is 13.3. The van der Waals surface area contributed by atoms with Crippen LogP contribution in [-0.2, 0) is 21.3 Å². The molecule has 0 aromatic heterocycles. The topological polar surface area (TPSA) is 63.7 Å². The fourth-order valence-electron chi connectivity index (χ4n) is 2.39. The minimum atomic E-state index is -4.28. The highest BCUT2D eigenvalue weighted by Gasteiger charge is 2.32. The van der Waals surface area contributed by atoms with E-state index < -0.39 is 41.2 Å². The Bertz CT molecular complexity index is 866. The van der Waals surface area contributed by atoms with Gasteiger partial charge in [0.1, 0.15) is 19.2 Å². The van der Waals surface area contributed by atoms with Gasteiger partial charge in [-0.1, -0.05) is 12.1 Å². The summed E-state index contributed by atoms with van der Waals surface area (Å²) in [5.41, 5.74) is 0.668. The summed E-state index contributed by atoms with van der Waals surface area (Å²) < 4.78 is 70.5. The monoisotopic (exact) mass is 401 g/mol. The molecule has 0 amide bonds. The number of methoxy groups -OCH3 is 1. The van der Waals surface area contributed by atoms with Gasteiger partial charge < -0.3 is 4.74 Å². The second-order valence-corrected chi connectivity index (χ2v) is 7.55. The van der Waals surface area contributed by atoms with Crippen LogP contribution in [0.15, 0.2) is 53.4 Å². The van der Waals surface area contributed by atoms with Crippen LogP contribution in [0.25, 0.3) is 0 Å². The van der Waals surface area contributed by atoms with Crippen LogP contribution >= 0.6 is 0 Å². The Labute approximate surface area is 155 Å². The van der Waals surface area contributed by atoms with Gasteiger partial charge in [-0.2, -0.15) is 4.31 Å². The van der Waals surface area contributed by atoms with E-state index in [9.17, 15) is 26.4 Å². The van der Waals surface area contributed by atoms with Crippen LogP contribution in [0.3, 0.4) is 0 Å². The molecular formula is C18H18F3NO4S. The number of benzene rings is 2. The molecule has 0 spiro atoms. The van der Waals surface area contributed by atoms with Gasteiger partial charge in [0.15, 0.2) is 0 Å². The number of rotatable bonds is 8. The first kappa shape index (κ1) is 20.9. The summed E-state index contributed by atoms with van der Waals surface area (Å²) in [7, 11) is -3.05. The Morgan fingerprint density at radius 1 is 1.04 bits per heavy atom. The van der Waals surface area contributed by atoms with Crippen LogP contribution in [0.2, 0.25) is 0 Å². The molecule has 0 fully saturated rings. The summed E-state index contributed by atoms with van der Waals surface area (Å²) in [5.74, 6) is -1.20. The molecule has 0 aliphatic rings. The smallest absolute Gasteiger partial charge is 0.337 e. The number of carbonyl (C=O) groups excluding carboxylic acids is 1. The molecule has 27 heavy (non-hydrogen) atoms. The summed E-state index contributed by atoms with van der Waals surface area (Å²) in [6.45, 7) is -2.77. The van der Waals surface area contributed by atoms with Crippen molar-refractivity contribution in [3.63, 3.8) is 0 Å². The van der Waals surface area contributed by atoms with Crippen molar-refractivity contribution >= 4 is 16.0 Å². The predicted octanol–water partition coefficient (Wildman–Crippen LogP) is 3.11. The lowest BCUT2D eigenvalue weighted by atomic mass is 10.1. The average Bonchev–Trinajstić information content (AvgIpc) is 2.68. The van der Waals surface area contributed by atoms with Gasteiger partial charge in [0.25, 0.3) is 0 Å². The summed E-state index contributed by atoms with van der Waals surface area (Å²) in [5, 5.41) is 0. The zero-order chi connectivity index (χ0) is 20.0. The van der Waals surface area contributed by atoms with Crippen molar-refractivity contribution in [2.45, 2.75) is 17.5 Å². The number of carbonyl (C=O) groups is 1. The van der Waals surface area contributed by atoms with Crippen molar-refractivity contribution in [1.82, 2.24) is 4.31 Å². The molecule has 2 aromatic carbocycles. The van der Waals surface area contributed by atoms with E-state index in [1.807, 2.05) is 0 Å². The minimum Gasteiger partial charge on any atom is -0.465 e. The Hall–Kier alpha value is -2.39. The van der Waals surface area contributed by atoms with Gasteiger partial charge in [0.2, 0.25) is 10.0 Å². The second-order valence-electron chi connectivity index (χ2n) is 5.66. The minimum absolute atomic E-state index is 0.252. The van der Waals surface area contributed by atoms with Crippen molar-refractivity contribution in [3.8, 4) is 0 Å². The fraction of sp³-hybridized carbons (Fsp3) is 0.278. The molecule has 2 aromatic rings. The second kappa shape index (κ2) is 9.01. The molecule has 0 saturated carbocycles. The van der Waals surface area contributed by atoms with E-state index in [-0.39, 0.29) is 17.0 Å². The zero-order valence-corrected chi connectivity index (χ0v) is 15.3. The van der Waals surface area contributed by atoms with E-state index in [4.69, 9.17) is 0 Å². The third-order valence-corrected chi connectivity index (χ3v) is 5.81. The van der Waals surface area contributed by atoms with Crippen molar-refractivity contribution in [3.05, 3.63) is 65.5 Å². The number of sulfonamides is 1. The van der Waals surface area contributed by atoms with Crippen LogP contribution in [0.5, 0.6) is 0 Å². The maximum atomic E-state index is 13.3. The predicted molar refractivity (Wildman–Crippen MR) is 92.6 cm³/mol. The van der Waals surface area contributed by atoms with E-state index in [1.54, 1.807) is 0 Å². The molecule has 0 aliphatic carbocycles. The Morgan fingerprint density at radius 2 is 1.59 bits per heavy atom. The van der Waals surface area contributed by atoms with Crippen LogP contribution in [0, 0.1) is 5.82 Å². The molecular weight excluding hydrogens is 383 g/mol. The molecule has 0 atom stereocenters. The number of hydrogen-bond acceptors (Lipinski definition) is 4. The number of nitrogens with zero attached hydrogens (tertiary/aromatic N) is 1. The molecule has 5 nitrogen and oxygen atoms in total. The third-order valence-electron chi connectivity index (χ3n) is 3.90. The standard InChI is InChI=1S/C18H18F3NO4S/c1-26-18(23)14-4-2-13(3-5-14)12-22(16(10-19)11-20)27(24,25)17-8-6-15(21)7-9-17/h2-9,16H,10-12H2,1H3. The van der Waals surface area contributed by atoms with E-state index in [2.05, 4.69) is 4.74 Å². The van der Waals surface area contributed by atoms with Gasteiger partial charge in [-0.25, -0.2) is 26.4 Å². The highest BCUT2D eigenvalue weighted by Crippen LogP contribution is 2.22. The molecule has 2 rings (SSSR count). The first-order chi connectivity index (χ1) is 12.8. The number of ether oxygens (including phenoxy) is 1. The molecule has 146 valence electrons. The molecule has 0 aliphatic heterocycles. The van der Waals surface area contributed by atoms with E-state index >= 15 is 0 Å². The molecule has 0 N–H and O–H groups in total. The van der Waals surface area contributed by atoms with Gasteiger partial charge in [-0.05, 0) is 42.0 Å². The fourth-order valence-corrected chi connectivity index (χ4v) is 3.97. The first-order valence-electron chi connectivity index (χ1n) is 7.90. The lowest BCUT2D eigenvalue weighted by Crippen LogP contribution is -2.42. The SMILES string of the molecule is COC(=O)c1ccc(CN(C(CF)CF)S(=O)(=O)c2ccc(F)cc2)cc1. The normalized spacial score (nSPS) is 11.8. The number of hydrogen-bond donors (Lipinski definition) is 0. The highest BCUT2D eigenvalue weighted by molar-refractivity contribution is 7.89. The van der Waals surface area contributed by atoms with Gasteiger partial charge in [0, 0.05) is 6.54 Å². The Kier molecular flexibility index (Phi) is 6.98. The lowest BCUT2D eigenvalue weighted by molar-refractivity contribution is 0.0600. The average molecular weight is 401 g/mol. The zero-order valence-electron chi connectivity index (χ0n) is 14.4. The Morgan fingerprint density at radius 3 is 2.07 bits per heavy atom. The molecule has 0 radical (unpaired) electrons. The van der Waals surface area contributed by atoms with Crippen molar-refractivity contribution in [1.29, 1.82) is 0 Å². The van der Waals surface area contributed by atoms with Crippen LogP contribution in [0.1, 0.15) is 15.9 Å². The van der Waals surface area contributed by atoms with Gasteiger partial charge in [-0.3, -0.25) is 0 Å². The molecule has 0 saturated heterocycles. The maximum Gasteiger partial charge on any atom is 0.337 e. The summed E-state index contributed by atoms with van der Waals surface area (Å²) in [6.07, 6.45) is 0. The molecule has 0 bridgehead atoms. The summed E-state index contributed by atoms with van der Waals surface area (Å²) >= 11 is 0. The molecule has 9 heteroatoms. The quantitative estimate of drug-likeness (QED) is 0.638. The Balaban J connectivity index is 2.37.